The Bertz CT molecular complexity index is 489. The molecule has 0 saturated carbocycles. The molecule has 0 radical (unpaired) electrons. The number of carbonyl (C=O) groups is 2. The van der Waals surface area contributed by atoms with Gasteiger partial charge in [0.05, 0.1) is 7.11 Å². The lowest BCUT2D eigenvalue weighted by atomic mass is 10.0. The van der Waals surface area contributed by atoms with E-state index in [1.807, 2.05) is 0 Å². The number of benzene rings is 1. The Labute approximate surface area is 109 Å². The first-order chi connectivity index (χ1) is 8.86. The molecule has 0 heterocycles. The van der Waals surface area contributed by atoms with Crippen LogP contribution in [0.5, 0.6) is 0 Å². The molecule has 0 fully saturated rings. The van der Waals surface area contributed by atoms with Crippen LogP contribution in [0.25, 0.3) is 0 Å². The summed E-state index contributed by atoms with van der Waals surface area (Å²) in [5.41, 5.74) is -0.263. The Balaban J connectivity index is 3.13. The predicted molar refractivity (Wildman–Crippen MR) is 64.1 cm³/mol. The van der Waals surface area contributed by atoms with E-state index in [2.05, 4.69) is 10.1 Å². The number of methoxy groups -OCH3 is 1. The quantitative estimate of drug-likeness (QED) is 0.852. The van der Waals surface area contributed by atoms with Crippen LogP contribution in [0.4, 0.5) is 8.78 Å². The predicted octanol–water partition coefficient (Wildman–Crippen LogP) is 1.95. The van der Waals surface area contributed by atoms with E-state index in [4.69, 9.17) is 0 Å². The summed E-state index contributed by atoms with van der Waals surface area (Å²) in [5.74, 6) is -3.22. The van der Waals surface area contributed by atoms with Gasteiger partial charge in [0.15, 0.2) is 6.04 Å². The maximum Gasteiger partial charge on any atom is 0.333 e. The molecule has 0 aliphatic carbocycles. The van der Waals surface area contributed by atoms with Crippen LogP contribution in [0, 0.1) is 17.6 Å². The summed E-state index contributed by atoms with van der Waals surface area (Å²) in [4.78, 5) is 23.2. The summed E-state index contributed by atoms with van der Waals surface area (Å²) in [6, 6.07) is 1.31. The molecule has 0 aliphatic rings. The van der Waals surface area contributed by atoms with E-state index in [9.17, 15) is 18.4 Å². The molecule has 4 nitrogen and oxygen atoms in total. The lowest BCUT2D eigenvalue weighted by molar-refractivity contribution is -0.145. The van der Waals surface area contributed by atoms with Crippen molar-refractivity contribution in [2.75, 3.05) is 7.11 Å². The third kappa shape index (κ3) is 3.74. The van der Waals surface area contributed by atoms with Gasteiger partial charge in [0.1, 0.15) is 11.6 Å². The van der Waals surface area contributed by atoms with Crippen LogP contribution in [0.15, 0.2) is 18.2 Å². The van der Waals surface area contributed by atoms with E-state index in [-0.39, 0.29) is 5.56 Å². The summed E-state index contributed by atoms with van der Waals surface area (Å²) < 4.78 is 31.3. The van der Waals surface area contributed by atoms with Crippen molar-refractivity contribution in [3.63, 3.8) is 0 Å². The smallest absolute Gasteiger partial charge is 0.333 e. The summed E-state index contributed by atoms with van der Waals surface area (Å²) in [6.45, 7) is 3.23. The highest BCUT2D eigenvalue weighted by molar-refractivity contribution is 5.86. The lowest BCUT2D eigenvalue weighted by Crippen LogP contribution is -2.37. The van der Waals surface area contributed by atoms with Crippen LogP contribution in [0.2, 0.25) is 0 Å². The molecule has 1 amide bonds. The molecule has 1 atom stereocenters. The van der Waals surface area contributed by atoms with Crippen LogP contribution in [-0.2, 0) is 14.3 Å². The van der Waals surface area contributed by atoms with Gasteiger partial charge >= 0.3 is 5.97 Å². The fourth-order valence-corrected chi connectivity index (χ4v) is 1.43. The van der Waals surface area contributed by atoms with Crippen molar-refractivity contribution in [2.24, 2.45) is 5.92 Å². The van der Waals surface area contributed by atoms with Crippen molar-refractivity contribution in [3.05, 3.63) is 35.4 Å². The summed E-state index contributed by atoms with van der Waals surface area (Å²) in [7, 11) is 1.11. The van der Waals surface area contributed by atoms with E-state index in [0.29, 0.717) is 0 Å². The van der Waals surface area contributed by atoms with E-state index >= 15 is 0 Å². The van der Waals surface area contributed by atoms with Crippen molar-refractivity contribution >= 4 is 11.9 Å². The Hall–Kier alpha value is -1.98. The minimum atomic E-state index is -1.37. The number of esters is 1. The average Bonchev–Trinajstić information content (AvgIpc) is 2.37. The molecule has 1 aromatic rings. The highest BCUT2D eigenvalue weighted by atomic mass is 19.1. The van der Waals surface area contributed by atoms with Gasteiger partial charge in [-0.1, -0.05) is 13.8 Å². The Morgan fingerprint density at radius 1 is 1.26 bits per heavy atom. The van der Waals surface area contributed by atoms with Gasteiger partial charge in [0, 0.05) is 11.5 Å². The van der Waals surface area contributed by atoms with Gasteiger partial charge < -0.3 is 10.1 Å². The lowest BCUT2D eigenvalue weighted by Gasteiger charge is -2.18. The SMILES string of the molecule is COC(=O)[C@H](NC(=O)C(C)C)c1cc(F)ccc1F. The average molecular weight is 271 g/mol. The highest BCUT2D eigenvalue weighted by Crippen LogP contribution is 2.20. The molecule has 104 valence electrons. The van der Waals surface area contributed by atoms with Crippen LogP contribution in [0.1, 0.15) is 25.5 Å². The summed E-state index contributed by atoms with van der Waals surface area (Å²) in [5, 5.41) is 2.33. The van der Waals surface area contributed by atoms with Gasteiger partial charge in [0.2, 0.25) is 5.91 Å². The zero-order valence-electron chi connectivity index (χ0n) is 10.9. The van der Waals surface area contributed by atoms with Gasteiger partial charge in [-0.2, -0.15) is 0 Å². The van der Waals surface area contributed by atoms with Gasteiger partial charge in [-0.25, -0.2) is 13.6 Å². The van der Waals surface area contributed by atoms with Crippen molar-refractivity contribution in [3.8, 4) is 0 Å². The zero-order valence-corrected chi connectivity index (χ0v) is 10.9. The second-order valence-electron chi connectivity index (χ2n) is 4.29. The molecule has 6 heteroatoms. The number of rotatable bonds is 4. The molecule has 0 bridgehead atoms. The molecule has 19 heavy (non-hydrogen) atoms. The third-order valence-electron chi connectivity index (χ3n) is 2.52. The number of amides is 1. The zero-order chi connectivity index (χ0) is 14.6. The van der Waals surface area contributed by atoms with Gasteiger partial charge in [-0.3, -0.25) is 4.79 Å². The van der Waals surface area contributed by atoms with Gasteiger partial charge in [-0.05, 0) is 18.2 Å². The van der Waals surface area contributed by atoms with Gasteiger partial charge in [-0.15, -0.1) is 0 Å². The number of hydrogen-bond acceptors (Lipinski definition) is 3. The van der Waals surface area contributed by atoms with E-state index in [0.717, 1.165) is 25.3 Å². The number of hydrogen-bond donors (Lipinski definition) is 1. The Kier molecular flexibility index (Phi) is 4.97. The largest absolute Gasteiger partial charge is 0.467 e. The third-order valence-corrected chi connectivity index (χ3v) is 2.52. The van der Waals surface area contributed by atoms with Crippen molar-refractivity contribution in [1.29, 1.82) is 0 Å². The van der Waals surface area contributed by atoms with E-state index in [1.54, 1.807) is 13.8 Å². The monoisotopic (exact) mass is 271 g/mol. The first-order valence-corrected chi connectivity index (χ1v) is 5.70. The minimum Gasteiger partial charge on any atom is -0.467 e. The van der Waals surface area contributed by atoms with Crippen LogP contribution >= 0.6 is 0 Å². The van der Waals surface area contributed by atoms with Crippen LogP contribution in [0.3, 0.4) is 0 Å². The molecule has 0 aromatic heterocycles. The molecule has 0 aliphatic heterocycles. The van der Waals surface area contributed by atoms with E-state index < -0.39 is 35.5 Å². The fraction of sp³-hybridized carbons (Fsp3) is 0.385. The molecule has 1 N–H and O–H groups in total. The van der Waals surface area contributed by atoms with Crippen molar-refractivity contribution < 1.29 is 23.1 Å². The topological polar surface area (TPSA) is 55.4 Å². The molecule has 1 aromatic carbocycles. The molecule has 0 unspecified atom stereocenters. The summed E-state index contributed by atoms with van der Waals surface area (Å²) >= 11 is 0. The molecular weight excluding hydrogens is 256 g/mol. The maximum absolute atomic E-state index is 13.6. The van der Waals surface area contributed by atoms with Crippen molar-refractivity contribution in [1.82, 2.24) is 5.32 Å². The molecule has 0 spiro atoms. The van der Waals surface area contributed by atoms with Crippen molar-refractivity contribution in [2.45, 2.75) is 19.9 Å². The Morgan fingerprint density at radius 2 is 1.89 bits per heavy atom. The molecule has 0 saturated heterocycles. The van der Waals surface area contributed by atoms with Crippen LogP contribution in [-0.4, -0.2) is 19.0 Å². The standard InChI is InChI=1S/C13H15F2NO3/c1-7(2)12(17)16-11(13(18)19-3)9-6-8(14)4-5-10(9)15/h4-7,11H,1-3H3,(H,16,17)/t11-/m1/s1. The minimum absolute atomic E-state index is 0.263. The second kappa shape index (κ2) is 6.26. The van der Waals surface area contributed by atoms with Crippen LogP contribution < -0.4 is 5.32 Å². The molecule has 1 rings (SSSR count). The highest BCUT2D eigenvalue weighted by Gasteiger charge is 2.27. The number of nitrogens with one attached hydrogen (secondary N) is 1. The van der Waals surface area contributed by atoms with E-state index in [1.165, 1.54) is 0 Å². The molecular formula is C13H15F2NO3. The normalized spacial score (nSPS) is 12.1. The first-order valence-electron chi connectivity index (χ1n) is 5.70. The number of ether oxygens (including phenoxy) is 1. The summed E-state index contributed by atoms with van der Waals surface area (Å²) in [6.07, 6.45) is 0. The Morgan fingerprint density at radius 3 is 2.42 bits per heavy atom. The fourth-order valence-electron chi connectivity index (χ4n) is 1.43. The second-order valence-corrected chi connectivity index (χ2v) is 4.29. The number of halogens is 2. The first kappa shape index (κ1) is 15.1. The number of carbonyl (C=O) groups excluding carboxylic acids is 2. The maximum atomic E-state index is 13.6. The van der Waals surface area contributed by atoms with Gasteiger partial charge in [0.25, 0.3) is 0 Å².